The van der Waals surface area contributed by atoms with E-state index in [-0.39, 0.29) is 5.91 Å². The van der Waals surface area contributed by atoms with Crippen LogP contribution in [0.3, 0.4) is 0 Å². The van der Waals surface area contributed by atoms with Crippen molar-refractivity contribution in [3.05, 3.63) is 30.1 Å². The summed E-state index contributed by atoms with van der Waals surface area (Å²) in [5.74, 6) is 1.64. The molecule has 1 amide bonds. The van der Waals surface area contributed by atoms with Crippen molar-refractivity contribution in [2.45, 2.75) is 38.1 Å². The Morgan fingerprint density at radius 2 is 1.58 bits per heavy atom. The number of hydrogen-bond donors (Lipinski definition) is 1. The molecule has 2 aliphatic heterocycles. The van der Waals surface area contributed by atoms with Gasteiger partial charge in [0.05, 0.1) is 0 Å². The van der Waals surface area contributed by atoms with Crippen LogP contribution < -0.4 is 5.73 Å². The molecule has 0 aliphatic carbocycles. The van der Waals surface area contributed by atoms with Crippen molar-refractivity contribution in [2.24, 2.45) is 17.6 Å². The van der Waals surface area contributed by atoms with Gasteiger partial charge in [-0.2, -0.15) is 0 Å². The van der Waals surface area contributed by atoms with E-state index in [1.54, 1.807) is 12.4 Å². The van der Waals surface area contributed by atoms with E-state index in [0.717, 1.165) is 43.3 Å². The average molecular weight is 330 g/mol. The molecule has 0 bridgehead atoms. The molecule has 0 spiro atoms. The Hall–Kier alpha value is -1.46. The van der Waals surface area contributed by atoms with E-state index in [1.165, 1.54) is 25.9 Å². The van der Waals surface area contributed by atoms with Crippen LogP contribution in [0.1, 0.15) is 38.2 Å². The highest BCUT2D eigenvalue weighted by atomic mass is 16.2. The van der Waals surface area contributed by atoms with E-state index in [9.17, 15) is 4.79 Å². The molecule has 5 nitrogen and oxygen atoms in total. The number of nitrogens with two attached hydrogens (primary N) is 1. The van der Waals surface area contributed by atoms with E-state index >= 15 is 0 Å². The number of rotatable bonds is 3. The van der Waals surface area contributed by atoms with Gasteiger partial charge in [-0.1, -0.05) is 0 Å². The highest BCUT2D eigenvalue weighted by Crippen LogP contribution is 2.33. The van der Waals surface area contributed by atoms with Crippen LogP contribution in [-0.4, -0.2) is 53.9 Å². The van der Waals surface area contributed by atoms with Gasteiger partial charge < -0.3 is 15.5 Å². The maximum atomic E-state index is 12.9. The summed E-state index contributed by atoms with van der Waals surface area (Å²) in [6.07, 6.45) is 8.24. The third-order valence-electron chi connectivity index (χ3n) is 5.98. The van der Waals surface area contributed by atoms with Crippen LogP contribution in [-0.2, 0) is 10.3 Å². The highest BCUT2D eigenvalue weighted by molar-refractivity contribution is 5.87. The number of aromatic nitrogens is 1. The van der Waals surface area contributed by atoms with Crippen LogP contribution >= 0.6 is 0 Å². The highest BCUT2D eigenvalue weighted by Gasteiger charge is 2.37. The molecule has 5 heteroatoms. The zero-order valence-electron chi connectivity index (χ0n) is 14.9. The Balaban J connectivity index is 1.57. The molecule has 2 saturated heterocycles. The molecule has 3 rings (SSSR count). The van der Waals surface area contributed by atoms with Crippen molar-refractivity contribution in [3.63, 3.8) is 0 Å². The van der Waals surface area contributed by atoms with Crippen molar-refractivity contribution >= 4 is 5.91 Å². The largest absolute Gasteiger partial charge is 0.341 e. The summed E-state index contributed by atoms with van der Waals surface area (Å²) < 4.78 is 0. The molecule has 0 aromatic carbocycles. The molecule has 3 heterocycles. The predicted molar refractivity (Wildman–Crippen MR) is 95.3 cm³/mol. The Labute approximate surface area is 145 Å². The maximum absolute atomic E-state index is 12.9. The van der Waals surface area contributed by atoms with Crippen molar-refractivity contribution in [3.8, 4) is 0 Å². The number of carbonyl (C=O) groups is 1. The summed E-state index contributed by atoms with van der Waals surface area (Å²) in [7, 11) is 2.21. The van der Waals surface area contributed by atoms with Gasteiger partial charge in [-0.15, -0.1) is 0 Å². The van der Waals surface area contributed by atoms with Crippen molar-refractivity contribution in [2.75, 3.05) is 33.2 Å². The van der Waals surface area contributed by atoms with Crippen LogP contribution in [0.25, 0.3) is 0 Å². The molecule has 24 heavy (non-hydrogen) atoms. The normalized spacial score (nSPS) is 23.9. The SMILES string of the molecule is CN1CCC(C2CCN(C(=O)[C@](C)(N)c3ccncc3)CC2)CC1. The molecule has 132 valence electrons. The number of nitrogens with zero attached hydrogens (tertiary/aromatic N) is 3. The summed E-state index contributed by atoms with van der Waals surface area (Å²) in [5.41, 5.74) is 6.24. The average Bonchev–Trinajstić information content (AvgIpc) is 2.62. The first-order valence-corrected chi connectivity index (χ1v) is 9.16. The standard InChI is InChI=1S/C19H30N4O/c1-19(20,17-3-9-21-10-4-17)18(24)23-13-7-16(8-14-23)15-5-11-22(2)12-6-15/h3-4,9-10,15-16H,5-8,11-14,20H2,1-2H3/t19-/m1/s1. The Bertz CT molecular complexity index is 544. The number of hydrogen-bond acceptors (Lipinski definition) is 4. The molecule has 2 N–H and O–H groups in total. The number of piperidine rings is 2. The van der Waals surface area contributed by atoms with E-state index < -0.39 is 5.54 Å². The Morgan fingerprint density at radius 1 is 1.08 bits per heavy atom. The zero-order chi connectivity index (χ0) is 17.2. The fraction of sp³-hybridized carbons (Fsp3) is 0.684. The van der Waals surface area contributed by atoms with Gasteiger partial charge in [0.15, 0.2) is 0 Å². The Morgan fingerprint density at radius 3 is 2.12 bits per heavy atom. The molecule has 1 atom stereocenters. The molecule has 1 aromatic rings. The second-order valence-electron chi connectivity index (χ2n) is 7.71. The quantitative estimate of drug-likeness (QED) is 0.918. The lowest BCUT2D eigenvalue weighted by atomic mass is 9.78. The lowest BCUT2D eigenvalue weighted by molar-refractivity contribution is -0.138. The molecular formula is C19H30N4O. The summed E-state index contributed by atoms with van der Waals surface area (Å²) in [4.78, 5) is 21.3. The van der Waals surface area contributed by atoms with Crippen LogP contribution in [0.4, 0.5) is 0 Å². The minimum absolute atomic E-state index is 0.0375. The third-order valence-corrected chi connectivity index (χ3v) is 5.98. The smallest absolute Gasteiger partial charge is 0.246 e. The van der Waals surface area contributed by atoms with Gasteiger partial charge in [0.25, 0.3) is 0 Å². The second-order valence-corrected chi connectivity index (χ2v) is 7.71. The molecule has 1 aromatic heterocycles. The molecule has 2 fully saturated rings. The molecule has 0 unspecified atom stereocenters. The van der Waals surface area contributed by atoms with E-state index in [2.05, 4.69) is 16.9 Å². The molecule has 0 radical (unpaired) electrons. The lowest BCUT2D eigenvalue weighted by Gasteiger charge is -2.41. The second kappa shape index (κ2) is 7.19. The molecular weight excluding hydrogens is 300 g/mol. The maximum Gasteiger partial charge on any atom is 0.246 e. The first kappa shape index (κ1) is 17.4. The summed E-state index contributed by atoms with van der Waals surface area (Å²) in [6.45, 7) is 5.93. The van der Waals surface area contributed by atoms with Crippen LogP contribution in [0.5, 0.6) is 0 Å². The lowest BCUT2D eigenvalue weighted by Crippen LogP contribution is -2.53. The number of amides is 1. The van der Waals surface area contributed by atoms with Gasteiger partial charge in [0, 0.05) is 25.5 Å². The van der Waals surface area contributed by atoms with Gasteiger partial charge in [0.1, 0.15) is 5.54 Å². The fourth-order valence-corrected chi connectivity index (χ4v) is 4.22. The van der Waals surface area contributed by atoms with Crippen LogP contribution in [0.15, 0.2) is 24.5 Å². The minimum Gasteiger partial charge on any atom is -0.341 e. The zero-order valence-corrected chi connectivity index (χ0v) is 14.9. The first-order valence-electron chi connectivity index (χ1n) is 9.16. The third kappa shape index (κ3) is 3.62. The van der Waals surface area contributed by atoms with Crippen molar-refractivity contribution in [1.82, 2.24) is 14.8 Å². The minimum atomic E-state index is -0.969. The van der Waals surface area contributed by atoms with E-state index in [0.29, 0.717) is 0 Å². The summed E-state index contributed by atoms with van der Waals surface area (Å²) >= 11 is 0. The monoisotopic (exact) mass is 330 g/mol. The van der Waals surface area contributed by atoms with E-state index in [4.69, 9.17) is 5.73 Å². The van der Waals surface area contributed by atoms with Gasteiger partial charge in [-0.3, -0.25) is 9.78 Å². The predicted octanol–water partition coefficient (Wildman–Crippen LogP) is 1.84. The number of carbonyl (C=O) groups excluding carboxylic acids is 1. The summed E-state index contributed by atoms with van der Waals surface area (Å²) in [6, 6.07) is 3.67. The van der Waals surface area contributed by atoms with Crippen LogP contribution in [0, 0.1) is 11.8 Å². The molecule has 0 saturated carbocycles. The van der Waals surface area contributed by atoms with Crippen molar-refractivity contribution < 1.29 is 4.79 Å². The van der Waals surface area contributed by atoms with Crippen LogP contribution in [0.2, 0.25) is 0 Å². The van der Waals surface area contributed by atoms with E-state index in [1.807, 2.05) is 24.0 Å². The van der Waals surface area contributed by atoms with Gasteiger partial charge >= 0.3 is 0 Å². The number of likely N-dealkylation sites (tertiary alicyclic amines) is 2. The van der Waals surface area contributed by atoms with Gasteiger partial charge in [0.2, 0.25) is 5.91 Å². The summed E-state index contributed by atoms with van der Waals surface area (Å²) in [5, 5.41) is 0. The fourth-order valence-electron chi connectivity index (χ4n) is 4.22. The first-order chi connectivity index (χ1) is 11.5. The Kier molecular flexibility index (Phi) is 5.21. The van der Waals surface area contributed by atoms with Crippen molar-refractivity contribution in [1.29, 1.82) is 0 Å². The van der Waals surface area contributed by atoms with Gasteiger partial charge in [-0.05, 0) is 82.3 Å². The topological polar surface area (TPSA) is 62.5 Å². The molecule has 2 aliphatic rings. The number of pyridine rings is 1. The van der Waals surface area contributed by atoms with Gasteiger partial charge in [-0.25, -0.2) is 0 Å².